The van der Waals surface area contributed by atoms with Gasteiger partial charge in [0, 0.05) is 37.1 Å². The summed E-state index contributed by atoms with van der Waals surface area (Å²) < 4.78 is 20.9. The highest BCUT2D eigenvalue weighted by atomic mass is 79.9. The number of carbonyl (C=O) groups excluding carboxylic acids is 2. The van der Waals surface area contributed by atoms with Gasteiger partial charge in [-0.3, -0.25) is 9.59 Å². The van der Waals surface area contributed by atoms with Crippen molar-refractivity contribution in [1.82, 2.24) is 4.90 Å². The molecule has 7 heteroatoms. The molecule has 2 heterocycles. The van der Waals surface area contributed by atoms with Crippen molar-refractivity contribution in [2.45, 2.75) is 6.92 Å². The predicted molar refractivity (Wildman–Crippen MR) is 108 cm³/mol. The molecule has 1 aromatic heterocycles. The summed E-state index contributed by atoms with van der Waals surface area (Å²) in [6.07, 6.45) is 0. The van der Waals surface area contributed by atoms with Crippen LogP contribution in [0.2, 0.25) is 0 Å². The van der Waals surface area contributed by atoms with E-state index in [4.69, 9.17) is 4.42 Å². The summed E-state index contributed by atoms with van der Waals surface area (Å²) in [5.41, 5.74) is 1.45. The van der Waals surface area contributed by atoms with Crippen LogP contribution in [-0.4, -0.2) is 42.8 Å². The lowest BCUT2D eigenvalue weighted by Crippen LogP contribution is -2.49. The first-order chi connectivity index (χ1) is 13.4. The van der Waals surface area contributed by atoms with E-state index >= 15 is 0 Å². The van der Waals surface area contributed by atoms with Crippen LogP contribution in [0.1, 0.15) is 27.8 Å². The van der Waals surface area contributed by atoms with Crippen LogP contribution in [0.25, 0.3) is 11.0 Å². The van der Waals surface area contributed by atoms with E-state index in [0.717, 1.165) is 9.86 Å². The third kappa shape index (κ3) is 3.42. The fourth-order valence-corrected chi connectivity index (χ4v) is 3.88. The molecule has 1 amide bonds. The van der Waals surface area contributed by atoms with Gasteiger partial charge in [0.2, 0.25) is 0 Å². The number of hydrogen-bond donors (Lipinski definition) is 0. The fourth-order valence-electron chi connectivity index (χ4n) is 3.42. The first kappa shape index (κ1) is 18.7. The third-order valence-corrected chi connectivity index (χ3v) is 5.59. The monoisotopic (exact) mass is 444 g/mol. The first-order valence-electron chi connectivity index (χ1n) is 8.97. The Bertz CT molecular complexity index is 1070. The van der Waals surface area contributed by atoms with Crippen molar-refractivity contribution in [3.05, 3.63) is 64.1 Å². The molecule has 0 unspecified atom stereocenters. The Morgan fingerprint density at radius 1 is 1.07 bits per heavy atom. The number of amides is 1. The quantitative estimate of drug-likeness (QED) is 0.558. The Kier molecular flexibility index (Phi) is 4.93. The molecule has 0 saturated carbocycles. The first-order valence-corrected chi connectivity index (χ1v) is 9.76. The molecule has 0 radical (unpaired) electrons. The summed E-state index contributed by atoms with van der Waals surface area (Å²) in [5, 5.41) is 0.865. The molecule has 5 nitrogen and oxygen atoms in total. The lowest BCUT2D eigenvalue weighted by Gasteiger charge is -2.35. The molecular formula is C21H18BrFN2O3. The van der Waals surface area contributed by atoms with Gasteiger partial charge < -0.3 is 14.2 Å². The zero-order valence-electron chi connectivity index (χ0n) is 15.2. The van der Waals surface area contributed by atoms with Gasteiger partial charge >= 0.3 is 0 Å². The molecule has 0 atom stereocenters. The standard InChI is InChI=1S/C21H18BrFN2O3/c1-13(26)14-5-6-18(17(23)11-14)24-7-9-25(10-8-24)21(27)19-12-15-3-2-4-16(22)20(15)28-19/h2-6,11-12H,7-10H2,1H3. The Labute approximate surface area is 169 Å². The van der Waals surface area contributed by atoms with Crippen LogP contribution in [0.4, 0.5) is 10.1 Å². The molecule has 0 spiro atoms. The van der Waals surface area contributed by atoms with Crippen LogP contribution in [0.5, 0.6) is 0 Å². The van der Waals surface area contributed by atoms with Crippen molar-refractivity contribution < 1.29 is 18.4 Å². The van der Waals surface area contributed by atoms with Gasteiger partial charge in [0.25, 0.3) is 5.91 Å². The molecule has 3 aromatic rings. The number of halogens is 2. The largest absolute Gasteiger partial charge is 0.450 e. The molecular weight excluding hydrogens is 427 g/mol. The van der Waals surface area contributed by atoms with Crippen LogP contribution < -0.4 is 4.90 Å². The number of benzene rings is 2. The van der Waals surface area contributed by atoms with Crippen molar-refractivity contribution in [3.8, 4) is 0 Å². The maximum Gasteiger partial charge on any atom is 0.289 e. The van der Waals surface area contributed by atoms with Gasteiger partial charge in [-0.15, -0.1) is 0 Å². The van der Waals surface area contributed by atoms with Crippen LogP contribution in [0.15, 0.2) is 51.4 Å². The Morgan fingerprint density at radius 3 is 2.46 bits per heavy atom. The zero-order chi connectivity index (χ0) is 19.8. The van der Waals surface area contributed by atoms with E-state index in [2.05, 4.69) is 15.9 Å². The van der Waals surface area contributed by atoms with Gasteiger partial charge in [-0.05, 0) is 53.2 Å². The molecule has 0 bridgehead atoms. The number of para-hydroxylation sites is 1. The highest BCUT2D eigenvalue weighted by Gasteiger charge is 2.26. The predicted octanol–water partition coefficient (Wildman–Crippen LogP) is 4.50. The van der Waals surface area contributed by atoms with Crippen molar-refractivity contribution >= 4 is 44.3 Å². The van der Waals surface area contributed by atoms with Gasteiger partial charge in [0.05, 0.1) is 10.2 Å². The number of piperazine rings is 1. The number of hydrogen-bond acceptors (Lipinski definition) is 4. The van der Waals surface area contributed by atoms with E-state index in [-0.39, 0.29) is 11.7 Å². The van der Waals surface area contributed by atoms with Gasteiger partial charge in [-0.1, -0.05) is 12.1 Å². The fraction of sp³-hybridized carbons (Fsp3) is 0.238. The summed E-state index contributed by atoms with van der Waals surface area (Å²) in [4.78, 5) is 27.8. The molecule has 0 aliphatic carbocycles. The number of ketones is 1. The van der Waals surface area contributed by atoms with E-state index in [0.29, 0.717) is 48.8 Å². The molecule has 1 saturated heterocycles. The van der Waals surface area contributed by atoms with E-state index in [9.17, 15) is 14.0 Å². The van der Waals surface area contributed by atoms with E-state index in [1.807, 2.05) is 23.1 Å². The zero-order valence-corrected chi connectivity index (χ0v) is 16.8. The maximum absolute atomic E-state index is 14.4. The minimum atomic E-state index is -0.422. The highest BCUT2D eigenvalue weighted by Crippen LogP contribution is 2.28. The van der Waals surface area contributed by atoms with Crippen LogP contribution in [0.3, 0.4) is 0 Å². The second-order valence-corrected chi connectivity index (χ2v) is 7.62. The lowest BCUT2D eigenvalue weighted by molar-refractivity contribution is 0.0716. The van der Waals surface area contributed by atoms with E-state index in [1.165, 1.54) is 13.0 Å². The molecule has 1 fully saturated rings. The Morgan fingerprint density at radius 2 is 1.82 bits per heavy atom. The third-order valence-electron chi connectivity index (χ3n) is 4.97. The van der Waals surface area contributed by atoms with E-state index in [1.54, 1.807) is 23.1 Å². The summed E-state index contributed by atoms with van der Waals surface area (Å²) in [7, 11) is 0. The number of carbonyl (C=O) groups is 2. The summed E-state index contributed by atoms with van der Waals surface area (Å²) in [6.45, 7) is 3.35. The Hall–Kier alpha value is -2.67. The minimum absolute atomic E-state index is 0.168. The van der Waals surface area contributed by atoms with E-state index < -0.39 is 5.82 Å². The van der Waals surface area contributed by atoms with Crippen LogP contribution in [-0.2, 0) is 0 Å². The van der Waals surface area contributed by atoms with Crippen LogP contribution >= 0.6 is 15.9 Å². The number of fused-ring (bicyclic) bond motifs is 1. The van der Waals surface area contributed by atoms with Gasteiger partial charge in [0.1, 0.15) is 11.4 Å². The number of rotatable bonds is 3. The normalized spacial score (nSPS) is 14.5. The Balaban J connectivity index is 1.47. The lowest BCUT2D eigenvalue weighted by atomic mass is 10.1. The average Bonchev–Trinajstić information content (AvgIpc) is 3.13. The van der Waals surface area contributed by atoms with Crippen molar-refractivity contribution in [2.75, 3.05) is 31.1 Å². The summed E-state index contributed by atoms with van der Waals surface area (Å²) in [6, 6.07) is 11.9. The van der Waals surface area contributed by atoms with Gasteiger partial charge in [-0.25, -0.2) is 4.39 Å². The number of Topliss-reactive ketones (excluding diaryl/α,β-unsaturated/α-hetero) is 1. The number of anilines is 1. The molecule has 0 N–H and O–H groups in total. The van der Waals surface area contributed by atoms with Crippen LogP contribution in [0, 0.1) is 5.82 Å². The van der Waals surface area contributed by atoms with Crippen molar-refractivity contribution in [3.63, 3.8) is 0 Å². The SMILES string of the molecule is CC(=O)c1ccc(N2CCN(C(=O)c3cc4cccc(Br)c4o3)CC2)c(F)c1. The minimum Gasteiger partial charge on any atom is -0.450 e. The number of nitrogens with zero attached hydrogens (tertiary/aromatic N) is 2. The summed E-state index contributed by atoms with van der Waals surface area (Å²) in [5.74, 6) is -0.463. The average molecular weight is 445 g/mol. The van der Waals surface area contributed by atoms with Crippen molar-refractivity contribution in [2.24, 2.45) is 0 Å². The topological polar surface area (TPSA) is 53.8 Å². The molecule has 2 aromatic carbocycles. The molecule has 28 heavy (non-hydrogen) atoms. The maximum atomic E-state index is 14.4. The second kappa shape index (κ2) is 7.39. The number of furan rings is 1. The highest BCUT2D eigenvalue weighted by molar-refractivity contribution is 9.10. The molecule has 1 aliphatic rings. The summed E-state index contributed by atoms with van der Waals surface area (Å²) >= 11 is 3.43. The molecule has 144 valence electrons. The second-order valence-electron chi connectivity index (χ2n) is 6.77. The molecule has 4 rings (SSSR count). The van der Waals surface area contributed by atoms with Gasteiger partial charge in [-0.2, -0.15) is 0 Å². The smallest absolute Gasteiger partial charge is 0.289 e. The molecule has 1 aliphatic heterocycles. The van der Waals surface area contributed by atoms with Gasteiger partial charge in [0.15, 0.2) is 11.5 Å². The van der Waals surface area contributed by atoms with Crippen molar-refractivity contribution in [1.29, 1.82) is 0 Å².